The minimum absolute atomic E-state index is 0.106. The van der Waals surface area contributed by atoms with Crippen LogP contribution in [0, 0.1) is 0 Å². The molecule has 0 bridgehead atoms. The number of nitrogens with zero attached hydrogens (tertiary/aromatic N) is 1. The summed E-state index contributed by atoms with van der Waals surface area (Å²) in [6, 6.07) is 13.4. The largest absolute Gasteiger partial charge is 0.369 e. The third-order valence-corrected chi connectivity index (χ3v) is 5.63. The lowest BCUT2D eigenvalue weighted by Gasteiger charge is -2.22. The Morgan fingerprint density at radius 1 is 0.933 bits per heavy atom. The molecule has 2 aromatic carbocycles. The summed E-state index contributed by atoms with van der Waals surface area (Å²) in [5.41, 5.74) is 9.87. The number of fused-ring (bicyclic) bond motifs is 1. The van der Waals surface area contributed by atoms with Crippen LogP contribution in [0.3, 0.4) is 0 Å². The molecule has 30 heavy (non-hydrogen) atoms. The molecule has 1 aromatic heterocycles. The van der Waals surface area contributed by atoms with Gasteiger partial charge >= 0.3 is 0 Å². The molecular formula is C23H27N5O2. The van der Waals surface area contributed by atoms with Crippen LogP contribution in [0.2, 0.25) is 0 Å². The lowest BCUT2D eigenvalue weighted by atomic mass is 9.84. The molecule has 1 aliphatic rings. The van der Waals surface area contributed by atoms with Gasteiger partial charge in [0.05, 0.1) is 11.0 Å². The van der Waals surface area contributed by atoms with Crippen LogP contribution in [0.4, 0.5) is 17.3 Å². The number of hydrogen-bond acceptors (Lipinski definition) is 4. The van der Waals surface area contributed by atoms with E-state index in [0.717, 1.165) is 16.7 Å². The Bertz CT molecular complexity index is 1040. The van der Waals surface area contributed by atoms with E-state index in [1.165, 1.54) is 37.7 Å². The second kappa shape index (κ2) is 8.98. The van der Waals surface area contributed by atoms with Crippen molar-refractivity contribution in [3.63, 3.8) is 0 Å². The Kier molecular flexibility index (Phi) is 5.97. The molecule has 156 valence electrons. The van der Waals surface area contributed by atoms with Gasteiger partial charge in [-0.3, -0.25) is 9.59 Å². The number of amides is 2. The molecule has 0 unspecified atom stereocenters. The van der Waals surface area contributed by atoms with Gasteiger partial charge in [0.1, 0.15) is 0 Å². The Morgan fingerprint density at radius 3 is 2.27 bits per heavy atom. The molecule has 1 heterocycles. The highest BCUT2D eigenvalue weighted by Crippen LogP contribution is 2.33. The zero-order chi connectivity index (χ0) is 20.9. The van der Waals surface area contributed by atoms with E-state index in [4.69, 9.17) is 5.73 Å². The maximum Gasteiger partial charge on any atom is 0.224 e. The summed E-state index contributed by atoms with van der Waals surface area (Å²) in [7, 11) is 0. The number of nitrogens with two attached hydrogens (primary N) is 1. The first-order valence-corrected chi connectivity index (χ1v) is 10.5. The van der Waals surface area contributed by atoms with Gasteiger partial charge < -0.3 is 21.4 Å². The lowest BCUT2D eigenvalue weighted by molar-refractivity contribution is -0.121. The van der Waals surface area contributed by atoms with Crippen LogP contribution < -0.4 is 16.4 Å². The standard InChI is InChI=1S/C23H27N5O2/c24-23-27-19-11-10-18(14-20(19)28-23)26-22(30)13-12-21(29)25-17-8-6-16(7-9-17)15-4-2-1-3-5-15/h6-11,14-15H,1-5,12-13H2,(H,25,29)(H,26,30)(H3,24,27,28). The van der Waals surface area contributed by atoms with Crippen LogP contribution >= 0.6 is 0 Å². The third-order valence-electron chi connectivity index (χ3n) is 5.63. The lowest BCUT2D eigenvalue weighted by Crippen LogP contribution is -2.17. The van der Waals surface area contributed by atoms with E-state index in [0.29, 0.717) is 17.6 Å². The highest BCUT2D eigenvalue weighted by Gasteiger charge is 2.15. The molecule has 0 aliphatic heterocycles. The van der Waals surface area contributed by atoms with Crippen molar-refractivity contribution in [2.45, 2.75) is 50.9 Å². The quantitative estimate of drug-likeness (QED) is 0.482. The number of nitrogen functional groups attached to an aromatic ring is 1. The topological polar surface area (TPSA) is 113 Å². The number of aromatic nitrogens is 2. The highest BCUT2D eigenvalue weighted by atomic mass is 16.2. The zero-order valence-corrected chi connectivity index (χ0v) is 16.9. The van der Waals surface area contributed by atoms with Crippen molar-refractivity contribution >= 4 is 40.2 Å². The van der Waals surface area contributed by atoms with E-state index in [-0.39, 0.29) is 24.7 Å². The molecule has 1 saturated carbocycles. The van der Waals surface area contributed by atoms with Crippen molar-refractivity contribution in [2.75, 3.05) is 16.4 Å². The fraction of sp³-hybridized carbons (Fsp3) is 0.348. The number of H-pyrrole nitrogens is 1. The van der Waals surface area contributed by atoms with Gasteiger partial charge in [0, 0.05) is 24.2 Å². The van der Waals surface area contributed by atoms with Crippen molar-refractivity contribution < 1.29 is 9.59 Å². The minimum atomic E-state index is -0.218. The maximum absolute atomic E-state index is 12.2. The van der Waals surface area contributed by atoms with Gasteiger partial charge in [0.25, 0.3) is 0 Å². The first-order valence-electron chi connectivity index (χ1n) is 10.5. The average Bonchev–Trinajstić information content (AvgIpc) is 3.13. The van der Waals surface area contributed by atoms with Gasteiger partial charge in [-0.25, -0.2) is 4.98 Å². The summed E-state index contributed by atoms with van der Waals surface area (Å²) >= 11 is 0. The van der Waals surface area contributed by atoms with Crippen LogP contribution in [-0.2, 0) is 9.59 Å². The van der Waals surface area contributed by atoms with Crippen LogP contribution in [0.5, 0.6) is 0 Å². The molecule has 7 nitrogen and oxygen atoms in total. The first kappa shape index (κ1) is 19.9. The average molecular weight is 406 g/mol. The van der Waals surface area contributed by atoms with E-state index in [2.05, 4.69) is 32.7 Å². The second-order valence-corrected chi connectivity index (χ2v) is 7.91. The van der Waals surface area contributed by atoms with Gasteiger partial charge in [-0.05, 0) is 54.7 Å². The summed E-state index contributed by atoms with van der Waals surface area (Å²) in [6.07, 6.45) is 6.67. The number of nitrogens with one attached hydrogen (secondary N) is 3. The molecule has 0 spiro atoms. The number of aromatic amines is 1. The Balaban J connectivity index is 1.25. The number of hydrogen-bond donors (Lipinski definition) is 4. The molecule has 7 heteroatoms. The summed E-state index contributed by atoms with van der Waals surface area (Å²) in [5.74, 6) is 0.582. The van der Waals surface area contributed by atoms with Crippen molar-refractivity contribution in [1.82, 2.24) is 9.97 Å². The Labute approximate surface area is 175 Å². The van der Waals surface area contributed by atoms with E-state index in [1.54, 1.807) is 18.2 Å². The predicted octanol–water partition coefficient (Wildman–Crippen LogP) is 4.55. The van der Waals surface area contributed by atoms with Crippen LogP contribution in [-0.4, -0.2) is 21.8 Å². The van der Waals surface area contributed by atoms with Gasteiger partial charge in [-0.1, -0.05) is 31.4 Å². The number of carbonyl (C=O) groups is 2. The monoisotopic (exact) mass is 405 g/mol. The molecule has 0 saturated heterocycles. The van der Waals surface area contributed by atoms with Gasteiger partial charge in [-0.2, -0.15) is 0 Å². The van der Waals surface area contributed by atoms with Crippen LogP contribution in [0.15, 0.2) is 42.5 Å². The van der Waals surface area contributed by atoms with E-state index in [1.807, 2.05) is 12.1 Å². The number of carbonyl (C=O) groups excluding carboxylic acids is 2. The van der Waals surface area contributed by atoms with Crippen LogP contribution in [0.25, 0.3) is 11.0 Å². The molecule has 0 atom stereocenters. The zero-order valence-electron chi connectivity index (χ0n) is 16.9. The van der Waals surface area contributed by atoms with Crippen LogP contribution in [0.1, 0.15) is 56.4 Å². The summed E-state index contributed by atoms with van der Waals surface area (Å²) < 4.78 is 0. The summed E-state index contributed by atoms with van der Waals surface area (Å²) in [6.45, 7) is 0. The SMILES string of the molecule is Nc1nc2ccc(NC(=O)CCC(=O)Nc3ccc(C4CCCCC4)cc3)cc2[nH]1. The Morgan fingerprint density at radius 2 is 1.57 bits per heavy atom. The first-order chi connectivity index (χ1) is 14.6. The van der Waals surface area contributed by atoms with E-state index in [9.17, 15) is 9.59 Å². The van der Waals surface area contributed by atoms with Crippen molar-refractivity contribution in [2.24, 2.45) is 0 Å². The molecule has 5 N–H and O–H groups in total. The molecule has 4 rings (SSSR count). The van der Waals surface area contributed by atoms with Crippen molar-refractivity contribution in [1.29, 1.82) is 0 Å². The summed E-state index contributed by atoms with van der Waals surface area (Å²) in [4.78, 5) is 31.5. The third kappa shape index (κ3) is 4.97. The summed E-state index contributed by atoms with van der Waals surface area (Å²) in [5, 5.41) is 5.67. The predicted molar refractivity (Wildman–Crippen MR) is 119 cm³/mol. The number of anilines is 3. The van der Waals surface area contributed by atoms with Gasteiger partial charge in [0.15, 0.2) is 5.95 Å². The highest BCUT2D eigenvalue weighted by molar-refractivity contribution is 5.97. The molecule has 3 aromatic rings. The fourth-order valence-electron chi connectivity index (χ4n) is 4.06. The Hall–Kier alpha value is -3.35. The van der Waals surface area contributed by atoms with Crippen molar-refractivity contribution in [3.8, 4) is 0 Å². The molecule has 2 amide bonds. The fourth-order valence-corrected chi connectivity index (χ4v) is 4.06. The van der Waals surface area contributed by atoms with Gasteiger partial charge in [0.2, 0.25) is 11.8 Å². The number of imidazole rings is 1. The minimum Gasteiger partial charge on any atom is -0.369 e. The molecule has 0 radical (unpaired) electrons. The molecular weight excluding hydrogens is 378 g/mol. The smallest absolute Gasteiger partial charge is 0.224 e. The normalized spacial score (nSPS) is 14.5. The molecule has 1 fully saturated rings. The number of benzene rings is 2. The van der Waals surface area contributed by atoms with Crippen molar-refractivity contribution in [3.05, 3.63) is 48.0 Å². The molecule has 1 aliphatic carbocycles. The second-order valence-electron chi connectivity index (χ2n) is 7.91. The van der Waals surface area contributed by atoms with Gasteiger partial charge in [-0.15, -0.1) is 0 Å². The van der Waals surface area contributed by atoms with E-state index >= 15 is 0 Å². The number of rotatable bonds is 6. The van der Waals surface area contributed by atoms with E-state index < -0.39 is 0 Å². The maximum atomic E-state index is 12.2.